The average molecular weight is 467 g/mol. The highest BCUT2D eigenvalue weighted by molar-refractivity contribution is 6.31. The molecule has 0 fully saturated rings. The van der Waals surface area contributed by atoms with E-state index in [2.05, 4.69) is 20.6 Å². The maximum absolute atomic E-state index is 12.6. The van der Waals surface area contributed by atoms with Gasteiger partial charge in [0.2, 0.25) is 0 Å². The molecule has 2 N–H and O–H groups in total. The van der Waals surface area contributed by atoms with Gasteiger partial charge in [-0.1, -0.05) is 29.8 Å². The van der Waals surface area contributed by atoms with Crippen molar-refractivity contribution in [1.29, 1.82) is 0 Å². The third kappa shape index (κ3) is 4.98. The van der Waals surface area contributed by atoms with Crippen molar-refractivity contribution in [2.24, 2.45) is 0 Å². The third-order valence-electron chi connectivity index (χ3n) is 4.94. The first-order chi connectivity index (χ1) is 15.8. The zero-order chi connectivity index (χ0) is 23.5. The minimum Gasteiger partial charge on any atom is -0.485 e. The number of hydrogen-bond acceptors (Lipinski definition) is 5. The number of benzene rings is 2. The fourth-order valence-corrected chi connectivity index (χ4v) is 3.44. The van der Waals surface area contributed by atoms with Crippen LogP contribution in [0.1, 0.15) is 31.1 Å². The monoisotopic (exact) mass is 466 g/mol. The summed E-state index contributed by atoms with van der Waals surface area (Å²) in [7, 11) is 0. The number of aryl methyl sites for hydroxylation is 1. The largest absolute Gasteiger partial charge is 0.485 e. The Bertz CT molecular complexity index is 1380. The molecule has 0 spiro atoms. The number of carbonyl (C=O) groups is 1. The molecular weight excluding hydrogens is 444 g/mol. The molecule has 4 rings (SSSR count). The number of aromatic nitrogens is 4. The summed E-state index contributed by atoms with van der Waals surface area (Å²) in [6.07, 6.45) is 1.58. The minimum atomic E-state index is -0.437. The summed E-state index contributed by atoms with van der Waals surface area (Å²) >= 11 is 6.02. The van der Waals surface area contributed by atoms with Crippen LogP contribution in [0.4, 0.5) is 16.2 Å². The Hall–Kier alpha value is -3.85. The predicted octanol–water partition coefficient (Wildman–Crippen LogP) is 4.66. The lowest BCUT2D eigenvalue weighted by atomic mass is 10.2. The summed E-state index contributed by atoms with van der Waals surface area (Å²) in [5, 5.41) is 6.09. The molecule has 2 aromatic heterocycles. The number of para-hydroxylation sites is 2. The van der Waals surface area contributed by atoms with Crippen molar-refractivity contribution < 1.29 is 9.53 Å². The van der Waals surface area contributed by atoms with Gasteiger partial charge in [-0.05, 0) is 50.6 Å². The molecule has 9 nitrogen and oxygen atoms in total. The van der Waals surface area contributed by atoms with Crippen LogP contribution in [0.2, 0.25) is 5.02 Å². The highest BCUT2D eigenvalue weighted by Gasteiger charge is 2.13. The number of amides is 2. The molecule has 0 aliphatic heterocycles. The number of halogens is 1. The van der Waals surface area contributed by atoms with Crippen LogP contribution in [0, 0.1) is 6.92 Å². The number of ether oxygens (including phenoxy) is 1. The van der Waals surface area contributed by atoms with E-state index in [9.17, 15) is 9.59 Å². The number of carbonyl (C=O) groups excluding carboxylic acids is 1. The van der Waals surface area contributed by atoms with Crippen molar-refractivity contribution in [3.05, 3.63) is 81.5 Å². The maximum atomic E-state index is 12.6. The van der Waals surface area contributed by atoms with Gasteiger partial charge in [-0.15, -0.1) is 0 Å². The highest BCUT2D eigenvalue weighted by Crippen LogP contribution is 2.26. The number of urea groups is 1. The van der Waals surface area contributed by atoms with Crippen molar-refractivity contribution >= 4 is 34.8 Å². The van der Waals surface area contributed by atoms with E-state index < -0.39 is 6.03 Å². The molecule has 33 heavy (non-hydrogen) atoms. The van der Waals surface area contributed by atoms with Gasteiger partial charge in [-0.2, -0.15) is 9.50 Å². The van der Waals surface area contributed by atoms with E-state index in [-0.39, 0.29) is 18.2 Å². The van der Waals surface area contributed by atoms with Crippen molar-refractivity contribution in [2.45, 2.75) is 33.4 Å². The first-order valence-corrected chi connectivity index (χ1v) is 10.7. The lowest BCUT2D eigenvalue weighted by Gasteiger charge is -2.14. The second kappa shape index (κ2) is 9.33. The first-order valence-electron chi connectivity index (χ1n) is 10.3. The van der Waals surface area contributed by atoms with E-state index in [0.29, 0.717) is 33.6 Å². The Balaban J connectivity index is 1.48. The Morgan fingerprint density at radius 2 is 1.88 bits per heavy atom. The topological polar surface area (TPSA) is 103 Å². The van der Waals surface area contributed by atoms with Crippen LogP contribution in [0.5, 0.6) is 5.75 Å². The van der Waals surface area contributed by atoms with Gasteiger partial charge in [-0.25, -0.2) is 9.78 Å². The molecule has 10 heteroatoms. The molecule has 0 saturated heterocycles. The van der Waals surface area contributed by atoms with E-state index >= 15 is 0 Å². The fraction of sp³-hybridized carbons (Fsp3) is 0.217. The Labute approximate surface area is 195 Å². The number of fused-ring (bicyclic) bond motifs is 1. The Morgan fingerprint density at radius 3 is 2.67 bits per heavy atom. The summed E-state index contributed by atoms with van der Waals surface area (Å²) in [6.45, 7) is 5.82. The minimum absolute atomic E-state index is 0.0357. The standard InChI is InChI=1S/C23H23ClN6O3/c1-14(2)29-13-25-22-26-17(11-21(31)30(22)29)12-33-20-7-5-4-6-18(20)27-23(32)28-19-10-16(24)9-8-15(19)3/h4-11,13-14H,12H2,1-3H3,(H2,27,28,32). The Morgan fingerprint density at radius 1 is 1.12 bits per heavy atom. The van der Waals surface area contributed by atoms with Gasteiger partial charge in [0, 0.05) is 22.8 Å². The average Bonchev–Trinajstić information content (AvgIpc) is 3.21. The first kappa shape index (κ1) is 22.3. The van der Waals surface area contributed by atoms with Crippen LogP contribution >= 0.6 is 11.6 Å². The van der Waals surface area contributed by atoms with Gasteiger partial charge in [0.1, 0.15) is 18.7 Å². The van der Waals surface area contributed by atoms with Gasteiger partial charge >= 0.3 is 6.03 Å². The van der Waals surface area contributed by atoms with Crippen molar-refractivity contribution in [3.8, 4) is 5.75 Å². The van der Waals surface area contributed by atoms with E-state index in [0.717, 1.165) is 5.56 Å². The van der Waals surface area contributed by atoms with Crippen LogP contribution in [-0.2, 0) is 6.61 Å². The second-order valence-electron chi connectivity index (χ2n) is 7.74. The van der Waals surface area contributed by atoms with Crippen LogP contribution in [0.25, 0.3) is 5.78 Å². The smallest absolute Gasteiger partial charge is 0.323 e. The molecule has 0 radical (unpaired) electrons. The van der Waals surface area contributed by atoms with Gasteiger partial charge in [0.25, 0.3) is 11.3 Å². The van der Waals surface area contributed by atoms with E-state index in [4.69, 9.17) is 16.3 Å². The van der Waals surface area contributed by atoms with Crippen LogP contribution in [-0.4, -0.2) is 25.2 Å². The van der Waals surface area contributed by atoms with Crippen LogP contribution in [0.15, 0.2) is 59.7 Å². The van der Waals surface area contributed by atoms with Gasteiger partial charge in [-0.3, -0.25) is 9.48 Å². The normalized spacial score (nSPS) is 11.1. The molecule has 4 aromatic rings. The molecule has 0 unspecified atom stereocenters. The lowest BCUT2D eigenvalue weighted by Crippen LogP contribution is -2.23. The van der Waals surface area contributed by atoms with Gasteiger partial charge in [0.05, 0.1) is 11.4 Å². The van der Waals surface area contributed by atoms with Gasteiger partial charge < -0.3 is 15.4 Å². The fourth-order valence-electron chi connectivity index (χ4n) is 3.26. The second-order valence-corrected chi connectivity index (χ2v) is 8.18. The number of hydrogen-bond donors (Lipinski definition) is 2. The van der Waals surface area contributed by atoms with Crippen molar-refractivity contribution in [1.82, 2.24) is 19.2 Å². The zero-order valence-corrected chi connectivity index (χ0v) is 19.1. The lowest BCUT2D eigenvalue weighted by molar-refractivity contribution is 0.261. The maximum Gasteiger partial charge on any atom is 0.323 e. The number of anilines is 2. The molecule has 2 aromatic carbocycles. The van der Waals surface area contributed by atoms with E-state index in [1.54, 1.807) is 47.4 Å². The molecule has 0 atom stereocenters. The number of nitrogens with one attached hydrogen (secondary N) is 2. The number of nitrogens with zero attached hydrogens (tertiary/aromatic N) is 4. The zero-order valence-electron chi connectivity index (χ0n) is 18.4. The quantitative estimate of drug-likeness (QED) is 0.430. The van der Waals surface area contributed by atoms with Gasteiger partial charge in [0.15, 0.2) is 0 Å². The third-order valence-corrected chi connectivity index (χ3v) is 5.18. The summed E-state index contributed by atoms with van der Waals surface area (Å²) in [4.78, 5) is 33.7. The van der Waals surface area contributed by atoms with Crippen LogP contribution < -0.4 is 20.9 Å². The SMILES string of the molecule is Cc1ccc(Cl)cc1NC(=O)Nc1ccccc1OCc1cc(=O)n2c(ncn2C(C)C)n1. The molecule has 2 amide bonds. The molecule has 2 heterocycles. The molecule has 0 aliphatic carbocycles. The van der Waals surface area contributed by atoms with Crippen molar-refractivity contribution in [2.75, 3.05) is 10.6 Å². The summed E-state index contributed by atoms with van der Waals surface area (Å²) in [5.41, 5.74) is 2.15. The van der Waals surface area contributed by atoms with Crippen LogP contribution in [0.3, 0.4) is 0 Å². The molecule has 0 saturated carbocycles. The summed E-state index contributed by atoms with van der Waals surface area (Å²) < 4.78 is 9.01. The molecule has 0 aliphatic rings. The molecule has 0 bridgehead atoms. The summed E-state index contributed by atoms with van der Waals surface area (Å²) in [6, 6.07) is 13.3. The predicted molar refractivity (Wildman–Crippen MR) is 127 cm³/mol. The van der Waals surface area contributed by atoms with E-state index in [1.165, 1.54) is 10.6 Å². The molecule has 170 valence electrons. The number of rotatable bonds is 6. The van der Waals surface area contributed by atoms with E-state index in [1.807, 2.05) is 26.8 Å². The molecular formula is C23H23ClN6O3. The van der Waals surface area contributed by atoms with Crippen molar-refractivity contribution in [3.63, 3.8) is 0 Å². The highest BCUT2D eigenvalue weighted by atomic mass is 35.5. The Kier molecular flexibility index (Phi) is 6.32. The summed E-state index contributed by atoms with van der Waals surface area (Å²) in [5.74, 6) is 0.739.